The minimum atomic E-state index is -0.172. The second kappa shape index (κ2) is 5.67. The molecule has 5 heteroatoms. The van der Waals surface area contributed by atoms with Crippen LogP contribution in [0.25, 0.3) is 0 Å². The van der Waals surface area contributed by atoms with Crippen molar-refractivity contribution in [2.24, 2.45) is 0 Å². The van der Waals surface area contributed by atoms with Crippen LogP contribution in [-0.2, 0) is 4.79 Å². The molecule has 1 aliphatic rings. The van der Waals surface area contributed by atoms with Crippen molar-refractivity contribution >= 4 is 17.5 Å². The maximum atomic E-state index is 12.0. The molecule has 0 unspecified atom stereocenters. The van der Waals surface area contributed by atoms with Gasteiger partial charge in [0.25, 0.3) is 11.8 Å². The first kappa shape index (κ1) is 13.3. The molecule has 1 aromatic rings. The maximum absolute atomic E-state index is 12.0. The summed E-state index contributed by atoms with van der Waals surface area (Å²) in [5.74, 6) is -0.292. The maximum Gasteiger partial charge on any atom is 0.251 e. The fraction of sp³-hybridized carbons (Fsp3) is 0.286. The van der Waals surface area contributed by atoms with Crippen molar-refractivity contribution < 1.29 is 9.59 Å². The highest BCUT2D eigenvalue weighted by Gasteiger charge is 2.16. The predicted molar refractivity (Wildman–Crippen MR) is 74.0 cm³/mol. The lowest BCUT2D eigenvalue weighted by Gasteiger charge is -2.21. The van der Waals surface area contributed by atoms with Crippen molar-refractivity contribution in [1.82, 2.24) is 10.6 Å². The van der Waals surface area contributed by atoms with Crippen molar-refractivity contribution in [3.05, 3.63) is 41.0 Å². The molecule has 0 spiro atoms. The monoisotopic (exact) mass is 259 g/mol. The van der Waals surface area contributed by atoms with E-state index in [-0.39, 0.29) is 11.8 Å². The third-order valence-electron chi connectivity index (χ3n) is 3.16. The molecule has 2 amide bonds. The molecular weight excluding hydrogens is 242 g/mol. The van der Waals surface area contributed by atoms with Crippen LogP contribution >= 0.6 is 0 Å². The Labute approximate surface area is 112 Å². The van der Waals surface area contributed by atoms with Gasteiger partial charge in [0.15, 0.2) is 0 Å². The fourth-order valence-corrected chi connectivity index (χ4v) is 1.78. The molecule has 5 nitrogen and oxygen atoms in total. The molecule has 2 rings (SSSR count). The fourth-order valence-electron chi connectivity index (χ4n) is 1.78. The Morgan fingerprint density at radius 2 is 2.00 bits per heavy atom. The molecule has 0 radical (unpaired) electrons. The smallest absolute Gasteiger partial charge is 0.251 e. The van der Waals surface area contributed by atoms with E-state index < -0.39 is 0 Å². The number of rotatable bonds is 3. The third-order valence-corrected chi connectivity index (χ3v) is 3.16. The normalized spacial score (nSPS) is 13.5. The summed E-state index contributed by atoms with van der Waals surface area (Å²) in [7, 11) is 1.58. The number of carbonyl (C=O) groups excluding carboxylic acids is 2. The molecule has 19 heavy (non-hydrogen) atoms. The van der Waals surface area contributed by atoms with E-state index in [1.807, 2.05) is 6.92 Å². The van der Waals surface area contributed by atoms with E-state index in [1.165, 1.54) is 0 Å². The van der Waals surface area contributed by atoms with Gasteiger partial charge in [-0.25, -0.2) is 0 Å². The summed E-state index contributed by atoms with van der Waals surface area (Å²) in [6.07, 6.45) is 0. The molecule has 0 aliphatic carbocycles. The summed E-state index contributed by atoms with van der Waals surface area (Å²) in [6.45, 7) is 3.36. The van der Waals surface area contributed by atoms with E-state index in [9.17, 15) is 9.59 Å². The van der Waals surface area contributed by atoms with Gasteiger partial charge in [-0.1, -0.05) is 6.07 Å². The van der Waals surface area contributed by atoms with Gasteiger partial charge in [-0.2, -0.15) is 0 Å². The Balaban J connectivity index is 2.11. The molecule has 1 aliphatic heterocycles. The first-order valence-corrected chi connectivity index (χ1v) is 6.14. The van der Waals surface area contributed by atoms with E-state index in [4.69, 9.17) is 0 Å². The highest BCUT2D eigenvalue weighted by Crippen LogP contribution is 2.14. The molecule has 1 aromatic carbocycles. The SMILES string of the molecule is CNC(=O)c1cccc(NC(=O)C(C)=C2CNC2)c1. The van der Waals surface area contributed by atoms with E-state index in [0.29, 0.717) is 11.3 Å². The van der Waals surface area contributed by atoms with Gasteiger partial charge in [-0.05, 0) is 30.7 Å². The zero-order valence-electron chi connectivity index (χ0n) is 11.0. The van der Waals surface area contributed by atoms with E-state index in [0.717, 1.165) is 24.2 Å². The number of hydrogen-bond donors (Lipinski definition) is 3. The van der Waals surface area contributed by atoms with Crippen LogP contribution in [0.2, 0.25) is 0 Å². The number of nitrogens with one attached hydrogen (secondary N) is 3. The van der Waals surface area contributed by atoms with Gasteiger partial charge < -0.3 is 16.0 Å². The van der Waals surface area contributed by atoms with Crippen molar-refractivity contribution in [3.8, 4) is 0 Å². The van der Waals surface area contributed by atoms with Crippen molar-refractivity contribution in [1.29, 1.82) is 0 Å². The first-order valence-electron chi connectivity index (χ1n) is 6.14. The van der Waals surface area contributed by atoms with Gasteiger partial charge in [-0.15, -0.1) is 0 Å². The molecule has 1 saturated heterocycles. The van der Waals surface area contributed by atoms with Gasteiger partial charge in [0.2, 0.25) is 0 Å². The highest BCUT2D eigenvalue weighted by atomic mass is 16.2. The van der Waals surface area contributed by atoms with Crippen LogP contribution in [0, 0.1) is 0 Å². The highest BCUT2D eigenvalue weighted by molar-refractivity contribution is 6.05. The van der Waals surface area contributed by atoms with Crippen LogP contribution in [-0.4, -0.2) is 32.0 Å². The van der Waals surface area contributed by atoms with Crippen LogP contribution in [0.3, 0.4) is 0 Å². The number of hydrogen-bond acceptors (Lipinski definition) is 3. The van der Waals surface area contributed by atoms with Crippen molar-refractivity contribution in [3.63, 3.8) is 0 Å². The average Bonchev–Trinajstić information content (AvgIpc) is 2.36. The van der Waals surface area contributed by atoms with E-state index in [1.54, 1.807) is 31.3 Å². The van der Waals surface area contributed by atoms with Crippen LogP contribution in [0.1, 0.15) is 17.3 Å². The summed E-state index contributed by atoms with van der Waals surface area (Å²) in [5.41, 5.74) is 3.01. The zero-order chi connectivity index (χ0) is 13.8. The minimum Gasteiger partial charge on any atom is -0.355 e. The Morgan fingerprint density at radius 1 is 1.26 bits per heavy atom. The van der Waals surface area contributed by atoms with Crippen molar-refractivity contribution in [2.75, 3.05) is 25.5 Å². The Bertz CT molecular complexity index is 543. The van der Waals surface area contributed by atoms with Gasteiger partial charge in [0.05, 0.1) is 0 Å². The van der Waals surface area contributed by atoms with E-state index in [2.05, 4.69) is 16.0 Å². The second-order valence-corrected chi connectivity index (χ2v) is 4.45. The predicted octanol–water partition coefficient (Wildman–Crippen LogP) is 0.904. The van der Waals surface area contributed by atoms with Crippen LogP contribution < -0.4 is 16.0 Å². The Hall–Kier alpha value is -2.14. The lowest BCUT2D eigenvalue weighted by atomic mass is 10.0. The summed E-state index contributed by atoms with van der Waals surface area (Å²) >= 11 is 0. The zero-order valence-corrected chi connectivity index (χ0v) is 11.0. The summed E-state index contributed by atoms with van der Waals surface area (Å²) in [4.78, 5) is 23.5. The average molecular weight is 259 g/mol. The topological polar surface area (TPSA) is 70.2 Å². The Morgan fingerprint density at radius 3 is 2.58 bits per heavy atom. The standard InChI is InChI=1S/C14H17N3O2/c1-9(11-7-16-8-11)13(18)17-12-5-3-4-10(6-12)14(19)15-2/h3-6,16H,7-8H2,1-2H3,(H,15,19)(H,17,18). The van der Waals surface area contributed by atoms with Gasteiger partial charge >= 0.3 is 0 Å². The minimum absolute atomic E-state index is 0.120. The van der Waals surface area contributed by atoms with Crippen LogP contribution in [0.5, 0.6) is 0 Å². The molecule has 0 bridgehead atoms. The lowest BCUT2D eigenvalue weighted by Crippen LogP contribution is -2.36. The van der Waals surface area contributed by atoms with Gasteiger partial charge in [0, 0.05) is 37.0 Å². The molecular formula is C14H17N3O2. The number of amides is 2. The first-order chi connectivity index (χ1) is 9.11. The molecule has 0 saturated carbocycles. The molecule has 0 aromatic heterocycles. The number of carbonyl (C=O) groups is 2. The van der Waals surface area contributed by atoms with Crippen molar-refractivity contribution in [2.45, 2.75) is 6.92 Å². The quantitative estimate of drug-likeness (QED) is 0.706. The summed E-state index contributed by atoms with van der Waals surface area (Å²) in [6, 6.07) is 6.87. The Kier molecular flexibility index (Phi) is 3.97. The van der Waals surface area contributed by atoms with E-state index >= 15 is 0 Å². The number of benzene rings is 1. The number of anilines is 1. The second-order valence-electron chi connectivity index (χ2n) is 4.45. The summed E-state index contributed by atoms with van der Waals surface area (Å²) in [5, 5.41) is 8.46. The molecule has 100 valence electrons. The largest absolute Gasteiger partial charge is 0.355 e. The van der Waals surface area contributed by atoms with Crippen LogP contribution in [0.4, 0.5) is 5.69 Å². The molecule has 0 atom stereocenters. The lowest BCUT2D eigenvalue weighted by molar-refractivity contribution is -0.112. The third kappa shape index (κ3) is 3.00. The van der Waals surface area contributed by atoms with Gasteiger partial charge in [0.1, 0.15) is 0 Å². The molecule has 3 N–H and O–H groups in total. The van der Waals surface area contributed by atoms with Crippen LogP contribution in [0.15, 0.2) is 35.4 Å². The summed E-state index contributed by atoms with van der Waals surface area (Å²) < 4.78 is 0. The molecule has 1 fully saturated rings. The van der Waals surface area contributed by atoms with Gasteiger partial charge in [-0.3, -0.25) is 9.59 Å². The molecule has 1 heterocycles.